The van der Waals surface area contributed by atoms with Gasteiger partial charge in [-0.1, -0.05) is 24.3 Å². The number of aromatic nitrogens is 1. The molecule has 1 aromatic heterocycles. The topological polar surface area (TPSA) is 22.1 Å². The number of hydrogen-bond acceptors (Lipinski definition) is 2. The van der Waals surface area contributed by atoms with Crippen LogP contribution in [0.5, 0.6) is 0 Å². The molecular weight excluding hydrogens is 234 g/mol. The molecule has 0 spiro atoms. The summed E-state index contributed by atoms with van der Waals surface area (Å²) >= 11 is 0. The van der Waals surface area contributed by atoms with Gasteiger partial charge in [-0.3, -0.25) is 0 Å². The van der Waals surface area contributed by atoms with E-state index in [0.717, 1.165) is 24.1 Å². The van der Waals surface area contributed by atoms with Crippen LogP contribution in [0.1, 0.15) is 11.1 Å². The molecule has 0 aliphatic carbocycles. The molecule has 3 rings (SSSR count). The van der Waals surface area contributed by atoms with Gasteiger partial charge in [-0.15, -0.1) is 0 Å². The number of para-hydroxylation sites is 1. The van der Waals surface area contributed by atoms with Crippen LogP contribution in [0.15, 0.2) is 42.5 Å². The highest BCUT2D eigenvalue weighted by atomic mass is 16.5. The summed E-state index contributed by atoms with van der Waals surface area (Å²) < 4.78 is 5.20. The van der Waals surface area contributed by atoms with Crippen LogP contribution < -0.4 is 0 Å². The Morgan fingerprint density at radius 2 is 1.89 bits per heavy atom. The molecule has 0 amide bonds. The van der Waals surface area contributed by atoms with Gasteiger partial charge in [-0.25, -0.2) is 4.98 Å². The van der Waals surface area contributed by atoms with E-state index in [9.17, 15) is 0 Å². The van der Waals surface area contributed by atoms with Gasteiger partial charge in [0.25, 0.3) is 0 Å². The predicted octanol–water partition coefficient (Wildman–Crippen LogP) is 3.89. The number of methoxy groups -OCH3 is 1. The highest BCUT2D eigenvalue weighted by molar-refractivity contribution is 5.94. The molecule has 2 heteroatoms. The van der Waals surface area contributed by atoms with Gasteiger partial charge >= 0.3 is 0 Å². The van der Waals surface area contributed by atoms with E-state index in [-0.39, 0.29) is 0 Å². The summed E-state index contributed by atoms with van der Waals surface area (Å²) in [4.78, 5) is 4.77. The zero-order valence-corrected chi connectivity index (χ0v) is 11.3. The summed E-state index contributed by atoms with van der Waals surface area (Å²) in [6.45, 7) is 2.86. The molecule has 0 unspecified atom stereocenters. The molecule has 0 atom stereocenters. The van der Waals surface area contributed by atoms with Crippen LogP contribution in [0.3, 0.4) is 0 Å². The van der Waals surface area contributed by atoms with E-state index in [1.807, 2.05) is 6.07 Å². The minimum Gasteiger partial charge on any atom is -0.384 e. The zero-order valence-electron chi connectivity index (χ0n) is 11.3. The second-order valence-electron chi connectivity index (χ2n) is 4.91. The molecule has 2 aromatic carbocycles. The van der Waals surface area contributed by atoms with Gasteiger partial charge in [-0.05, 0) is 42.7 Å². The molecular formula is C17H17NO. The number of ether oxygens (including phenoxy) is 1. The van der Waals surface area contributed by atoms with E-state index in [2.05, 4.69) is 43.3 Å². The summed E-state index contributed by atoms with van der Waals surface area (Å²) in [6, 6.07) is 14.9. The van der Waals surface area contributed by atoms with Crippen molar-refractivity contribution in [1.29, 1.82) is 0 Å². The Labute approximate surface area is 113 Å². The van der Waals surface area contributed by atoms with Crippen molar-refractivity contribution in [3.8, 4) is 0 Å². The molecule has 96 valence electrons. The van der Waals surface area contributed by atoms with Crippen LogP contribution in [-0.2, 0) is 11.2 Å². The monoisotopic (exact) mass is 251 g/mol. The van der Waals surface area contributed by atoms with Crippen molar-refractivity contribution < 1.29 is 4.74 Å². The van der Waals surface area contributed by atoms with Gasteiger partial charge in [0, 0.05) is 17.9 Å². The maximum absolute atomic E-state index is 5.20. The lowest BCUT2D eigenvalue weighted by molar-refractivity contribution is 0.202. The molecule has 0 aliphatic heterocycles. The van der Waals surface area contributed by atoms with E-state index in [1.165, 1.54) is 21.9 Å². The fourth-order valence-corrected chi connectivity index (χ4v) is 2.53. The highest BCUT2D eigenvalue weighted by Gasteiger charge is 2.05. The van der Waals surface area contributed by atoms with Crippen molar-refractivity contribution in [3.63, 3.8) is 0 Å². The van der Waals surface area contributed by atoms with Gasteiger partial charge in [0.2, 0.25) is 0 Å². The maximum Gasteiger partial charge on any atom is 0.0715 e. The molecule has 0 saturated heterocycles. The number of benzene rings is 2. The van der Waals surface area contributed by atoms with Gasteiger partial charge in [0.15, 0.2) is 0 Å². The molecule has 0 fully saturated rings. The quantitative estimate of drug-likeness (QED) is 0.659. The summed E-state index contributed by atoms with van der Waals surface area (Å²) in [6.07, 6.45) is 0.925. The maximum atomic E-state index is 5.20. The second-order valence-corrected chi connectivity index (χ2v) is 4.91. The molecule has 3 aromatic rings. The average molecular weight is 251 g/mol. The van der Waals surface area contributed by atoms with Crippen molar-refractivity contribution >= 4 is 21.8 Å². The van der Waals surface area contributed by atoms with Crippen LogP contribution >= 0.6 is 0 Å². The Bertz CT molecular complexity index is 734. The average Bonchev–Trinajstić information content (AvgIpc) is 2.42. The number of fused-ring (bicyclic) bond motifs is 2. The summed E-state index contributed by atoms with van der Waals surface area (Å²) in [5.41, 5.74) is 4.69. The highest BCUT2D eigenvalue weighted by Crippen LogP contribution is 2.24. The van der Waals surface area contributed by atoms with Crippen molar-refractivity contribution in [2.24, 2.45) is 0 Å². The second kappa shape index (κ2) is 4.98. The first-order valence-electron chi connectivity index (χ1n) is 6.56. The molecule has 0 radical (unpaired) electrons. The third kappa shape index (κ3) is 2.32. The van der Waals surface area contributed by atoms with E-state index in [0.29, 0.717) is 0 Å². The number of aryl methyl sites for hydroxylation is 1. The van der Waals surface area contributed by atoms with Crippen LogP contribution in [0.4, 0.5) is 0 Å². The van der Waals surface area contributed by atoms with Crippen LogP contribution in [0, 0.1) is 6.92 Å². The van der Waals surface area contributed by atoms with Crippen molar-refractivity contribution in [3.05, 3.63) is 53.6 Å². The third-order valence-electron chi connectivity index (χ3n) is 3.44. The fourth-order valence-electron chi connectivity index (χ4n) is 2.53. The molecule has 2 nitrogen and oxygen atoms in total. The van der Waals surface area contributed by atoms with Crippen LogP contribution in [-0.4, -0.2) is 18.7 Å². The van der Waals surface area contributed by atoms with E-state index >= 15 is 0 Å². The van der Waals surface area contributed by atoms with Gasteiger partial charge in [-0.2, -0.15) is 0 Å². The lowest BCUT2D eigenvalue weighted by Crippen LogP contribution is -1.97. The van der Waals surface area contributed by atoms with Crippen molar-refractivity contribution in [1.82, 2.24) is 4.98 Å². The van der Waals surface area contributed by atoms with Gasteiger partial charge in [0.1, 0.15) is 0 Å². The number of hydrogen-bond donors (Lipinski definition) is 0. The largest absolute Gasteiger partial charge is 0.384 e. The van der Waals surface area contributed by atoms with Crippen LogP contribution in [0.2, 0.25) is 0 Å². The number of nitrogens with zero attached hydrogens (tertiary/aromatic N) is 1. The first-order valence-corrected chi connectivity index (χ1v) is 6.56. The minimum absolute atomic E-state index is 0.741. The summed E-state index contributed by atoms with van der Waals surface area (Å²) in [7, 11) is 1.74. The minimum atomic E-state index is 0.741. The van der Waals surface area contributed by atoms with Gasteiger partial charge < -0.3 is 4.74 Å². The normalized spacial score (nSPS) is 11.3. The molecule has 0 aliphatic rings. The Kier molecular flexibility index (Phi) is 3.18. The Morgan fingerprint density at radius 3 is 2.74 bits per heavy atom. The Balaban J connectivity index is 2.26. The molecule has 0 saturated carbocycles. The predicted molar refractivity (Wildman–Crippen MR) is 79.6 cm³/mol. The van der Waals surface area contributed by atoms with Crippen molar-refractivity contribution in [2.45, 2.75) is 13.3 Å². The van der Waals surface area contributed by atoms with Crippen molar-refractivity contribution in [2.75, 3.05) is 13.7 Å². The summed E-state index contributed by atoms with van der Waals surface area (Å²) in [5.74, 6) is 0. The molecule has 0 N–H and O–H groups in total. The third-order valence-corrected chi connectivity index (χ3v) is 3.44. The van der Waals surface area contributed by atoms with E-state index in [4.69, 9.17) is 9.72 Å². The standard InChI is InChI=1S/C17H17NO/c1-12-9-13(7-8-19-2)15-11-14-5-3-4-6-16(14)18-17(15)10-12/h3-6,9-11H,7-8H2,1-2H3. The smallest absolute Gasteiger partial charge is 0.0715 e. The van der Waals surface area contributed by atoms with E-state index in [1.54, 1.807) is 7.11 Å². The van der Waals surface area contributed by atoms with Gasteiger partial charge in [0.05, 0.1) is 17.6 Å². The number of pyridine rings is 1. The lowest BCUT2D eigenvalue weighted by atomic mass is 10.0. The van der Waals surface area contributed by atoms with E-state index < -0.39 is 0 Å². The lowest BCUT2D eigenvalue weighted by Gasteiger charge is -2.09. The molecule has 0 bridgehead atoms. The first-order chi connectivity index (χ1) is 9.28. The first kappa shape index (κ1) is 12.1. The summed E-state index contributed by atoms with van der Waals surface area (Å²) in [5, 5.41) is 2.43. The van der Waals surface area contributed by atoms with Crippen LogP contribution in [0.25, 0.3) is 21.8 Å². The fraction of sp³-hybridized carbons (Fsp3) is 0.235. The SMILES string of the molecule is COCCc1cc(C)cc2nc3ccccc3cc12. The number of rotatable bonds is 3. The molecule has 19 heavy (non-hydrogen) atoms. The molecule has 1 heterocycles. The Morgan fingerprint density at radius 1 is 1.05 bits per heavy atom. The zero-order chi connectivity index (χ0) is 13.2. The Hall–Kier alpha value is -1.93.